The number of hydrogen-bond acceptors (Lipinski definition) is 4. The molecule has 0 fully saturated rings. The Bertz CT molecular complexity index is 574. The van der Waals surface area contributed by atoms with Crippen molar-refractivity contribution in [3.63, 3.8) is 0 Å². The van der Waals surface area contributed by atoms with E-state index in [0.717, 1.165) is 5.56 Å². The van der Waals surface area contributed by atoms with Crippen molar-refractivity contribution < 1.29 is 4.79 Å². The van der Waals surface area contributed by atoms with Crippen LogP contribution in [0.25, 0.3) is 0 Å². The predicted molar refractivity (Wildman–Crippen MR) is 70.2 cm³/mol. The molecule has 0 saturated heterocycles. The van der Waals surface area contributed by atoms with Crippen molar-refractivity contribution in [3.8, 4) is 0 Å². The molecule has 6 heteroatoms. The van der Waals surface area contributed by atoms with Crippen LogP contribution in [-0.2, 0) is 11.2 Å². The molecule has 0 aliphatic rings. The lowest BCUT2D eigenvalue weighted by atomic mass is 10.1. The summed E-state index contributed by atoms with van der Waals surface area (Å²) in [6.45, 7) is 0. The van der Waals surface area contributed by atoms with Crippen molar-refractivity contribution in [2.45, 2.75) is 6.42 Å². The zero-order chi connectivity index (χ0) is 13.0. The first-order chi connectivity index (χ1) is 8.65. The number of anilines is 2. The van der Waals surface area contributed by atoms with E-state index < -0.39 is 0 Å². The molecular weight excluding hydrogens is 252 g/mol. The Morgan fingerprint density at radius 1 is 1.33 bits per heavy atom. The van der Waals surface area contributed by atoms with Crippen LogP contribution in [0.5, 0.6) is 0 Å². The number of nitrogens with one attached hydrogen (secondary N) is 1. The number of nitrogens with two attached hydrogens (primary N) is 1. The molecule has 0 saturated carbocycles. The zero-order valence-electron chi connectivity index (χ0n) is 9.43. The Labute approximate surface area is 109 Å². The first-order valence-corrected chi connectivity index (χ1v) is 5.64. The van der Waals surface area contributed by atoms with Gasteiger partial charge in [0.1, 0.15) is 17.3 Å². The number of aromatic nitrogens is 2. The highest BCUT2D eigenvalue weighted by molar-refractivity contribution is 6.29. The standard InChI is InChI=1S/C12H11ClN4O/c13-10-6-11(16-7-15-10)17-12(18)5-8-3-1-2-4-9(8)14/h1-4,6-7H,5,14H2,(H,15,16,17,18). The van der Waals surface area contributed by atoms with Crippen molar-refractivity contribution in [1.82, 2.24) is 9.97 Å². The van der Waals surface area contributed by atoms with E-state index in [4.69, 9.17) is 17.3 Å². The molecule has 5 nitrogen and oxygen atoms in total. The second kappa shape index (κ2) is 5.46. The number of amides is 1. The van der Waals surface area contributed by atoms with Crippen LogP contribution in [-0.4, -0.2) is 15.9 Å². The van der Waals surface area contributed by atoms with Crippen LogP contribution in [0.15, 0.2) is 36.7 Å². The summed E-state index contributed by atoms with van der Waals surface area (Å²) in [5, 5.41) is 2.91. The molecule has 0 aliphatic carbocycles. The van der Waals surface area contributed by atoms with Gasteiger partial charge < -0.3 is 11.1 Å². The molecule has 0 spiro atoms. The summed E-state index contributed by atoms with van der Waals surface area (Å²) in [7, 11) is 0. The second-order valence-electron chi connectivity index (χ2n) is 3.65. The lowest BCUT2D eigenvalue weighted by Gasteiger charge is -2.06. The van der Waals surface area contributed by atoms with Gasteiger partial charge in [-0.2, -0.15) is 0 Å². The molecular formula is C12H11ClN4O. The van der Waals surface area contributed by atoms with Gasteiger partial charge in [0.15, 0.2) is 0 Å². The quantitative estimate of drug-likeness (QED) is 0.654. The Balaban J connectivity index is 2.03. The summed E-state index contributed by atoms with van der Waals surface area (Å²) in [6.07, 6.45) is 1.48. The molecule has 3 N–H and O–H groups in total. The fourth-order valence-electron chi connectivity index (χ4n) is 1.46. The van der Waals surface area contributed by atoms with Gasteiger partial charge in [-0.25, -0.2) is 9.97 Å². The molecule has 1 aromatic carbocycles. The highest BCUT2D eigenvalue weighted by Gasteiger charge is 2.07. The normalized spacial score (nSPS) is 10.1. The lowest BCUT2D eigenvalue weighted by Crippen LogP contribution is -2.16. The highest BCUT2D eigenvalue weighted by atomic mass is 35.5. The maximum absolute atomic E-state index is 11.8. The maximum atomic E-state index is 11.8. The van der Waals surface area contributed by atoms with Crippen molar-refractivity contribution in [2.24, 2.45) is 0 Å². The van der Waals surface area contributed by atoms with Crippen LogP contribution < -0.4 is 11.1 Å². The SMILES string of the molecule is Nc1ccccc1CC(=O)Nc1cc(Cl)ncn1. The van der Waals surface area contributed by atoms with Crippen molar-refractivity contribution in [2.75, 3.05) is 11.1 Å². The monoisotopic (exact) mass is 262 g/mol. The Hall–Kier alpha value is -2.14. The molecule has 0 unspecified atom stereocenters. The average Bonchev–Trinajstić information content (AvgIpc) is 2.32. The molecule has 1 heterocycles. The fourth-order valence-corrected chi connectivity index (χ4v) is 1.60. The molecule has 2 aromatic rings. The van der Waals surface area contributed by atoms with Crippen LogP contribution in [0.2, 0.25) is 5.15 Å². The van der Waals surface area contributed by atoms with Crippen molar-refractivity contribution >= 4 is 29.0 Å². The van der Waals surface area contributed by atoms with E-state index in [1.54, 1.807) is 6.07 Å². The van der Waals surface area contributed by atoms with E-state index in [1.807, 2.05) is 18.2 Å². The number of para-hydroxylation sites is 1. The van der Waals surface area contributed by atoms with Gasteiger partial charge in [0.05, 0.1) is 6.42 Å². The van der Waals surface area contributed by atoms with Gasteiger partial charge in [0, 0.05) is 11.8 Å². The van der Waals surface area contributed by atoms with Gasteiger partial charge in [-0.05, 0) is 11.6 Å². The number of rotatable bonds is 3. The zero-order valence-corrected chi connectivity index (χ0v) is 10.2. The van der Waals surface area contributed by atoms with E-state index in [-0.39, 0.29) is 17.5 Å². The van der Waals surface area contributed by atoms with E-state index in [2.05, 4.69) is 15.3 Å². The van der Waals surface area contributed by atoms with Gasteiger partial charge in [-0.15, -0.1) is 0 Å². The van der Waals surface area contributed by atoms with Gasteiger partial charge in [0.2, 0.25) is 5.91 Å². The maximum Gasteiger partial charge on any atom is 0.230 e. The number of carbonyl (C=O) groups is 1. The van der Waals surface area contributed by atoms with Crippen molar-refractivity contribution in [3.05, 3.63) is 47.4 Å². The number of halogens is 1. The van der Waals surface area contributed by atoms with Gasteiger partial charge in [-0.3, -0.25) is 4.79 Å². The summed E-state index contributed by atoms with van der Waals surface area (Å²) < 4.78 is 0. The van der Waals surface area contributed by atoms with E-state index in [0.29, 0.717) is 11.5 Å². The number of benzene rings is 1. The summed E-state index contributed by atoms with van der Waals surface area (Å²) in [5.41, 5.74) is 7.12. The Kier molecular flexibility index (Phi) is 3.74. The first-order valence-electron chi connectivity index (χ1n) is 5.26. The lowest BCUT2D eigenvalue weighted by molar-refractivity contribution is -0.115. The minimum absolute atomic E-state index is 0.189. The number of nitrogen functional groups attached to an aromatic ring is 1. The first kappa shape index (κ1) is 12.3. The topological polar surface area (TPSA) is 80.9 Å². The van der Waals surface area contributed by atoms with Crippen molar-refractivity contribution in [1.29, 1.82) is 0 Å². The average molecular weight is 263 g/mol. The highest BCUT2D eigenvalue weighted by Crippen LogP contribution is 2.13. The smallest absolute Gasteiger partial charge is 0.230 e. The fraction of sp³-hybridized carbons (Fsp3) is 0.0833. The minimum Gasteiger partial charge on any atom is -0.398 e. The Morgan fingerprint density at radius 3 is 2.83 bits per heavy atom. The second-order valence-corrected chi connectivity index (χ2v) is 4.04. The summed E-state index contributed by atoms with van der Waals surface area (Å²) in [5.74, 6) is 0.164. The number of carbonyl (C=O) groups excluding carboxylic acids is 1. The molecule has 18 heavy (non-hydrogen) atoms. The molecule has 92 valence electrons. The summed E-state index contributed by atoms with van der Waals surface area (Å²) in [4.78, 5) is 19.4. The van der Waals surface area contributed by atoms with E-state index >= 15 is 0 Å². The minimum atomic E-state index is -0.206. The Morgan fingerprint density at radius 2 is 2.11 bits per heavy atom. The van der Waals surface area contributed by atoms with Gasteiger partial charge in [-0.1, -0.05) is 29.8 Å². The van der Waals surface area contributed by atoms with Crippen LogP contribution in [0.4, 0.5) is 11.5 Å². The molecule has 0 atom stereocenters. The molecule has 0 radical (unpaired) electrons. The van der Waals surface area contributed by atoms with Crippen LogP contribution in [0.1, 0.15) is 5.56 Å². The number of hydrogen-bond donors (Lipinski definition) is 2. The van der Waals surface area contributed by atoms with E-state index in [9.17, 15) is 4.79 Å². The molecule has 0 aliphatic heterocycles. The largest absolute Gasteiger partial charge is 0.398 e. The predicted octanol–water partition coefficient (Wildman–Crippen LogP) is 1.89. The van der Waals surface area contributed by atoms with E-state index in [1.165, 1.54) is 12.4 Å². The summed E-state index contributed by atoms with van der Waals surface area (Å²) >= 11 is 5.69. The van der Waals surface area contributed by atoms with Gasteiger partial charge >= 0.3 is 0 Å². The third-order valence-corrected chi connectivity index (χ3v) is 2.51. The van der Waals surface area contributed by atoms with Crippen LogP contribution in [0.3, 0.4) is 0 Å². The van der Waals surface area contributed by atoms with Crippen LogP contribution in [0, 0.1) is 0 Å². The summed E-state index contributed by atoms with van der Waals surface area (Å²) in [6, 6.07) is 8.70. The third kappa shape index (κ3) is 3.18. The molecule has 2 rings (SSSR count). The molecule has 1 amide bonds. The van der Waals surface area contributed by atoms with Crippen LogP contribution >= 0.6 is 11.6 Å². The van der Waals surface area contributed by atoms with Gasteiger partial charge in [0.25, 0.3) is 0 Å². The number of nitrogens with zero attached hydrogens (tertiary/aromatic N) is 2. The molecule has 0 bridgehead atoms. The third-order valence-electron chi connectivity index (χ3n) is 2.31. The molecule has 1 aromatic heterocycles.